The van der Waals surface area contributed by atoms with Gasteiger partial charge in [0.1, 0.15) is 10.6 Å². The summed E-state index contributed by atoms with van der Waals surface area (Å²) in [5, 5.41) is 1.86. The second kappa shape index (κ2) is 7.29. The maximum atomic E-state index is 12.6. The SMILES string of the molecule is O=C(Oc1c(-c2ccncc2)cccc1-c1ccncc1)c1cccs1. The topological polar surface area (TPSA) is 52.1 Å². The molecule has 0 aliphatic carbocycles. The van der Waals surface area contributed by atoms with Crippen LogP contribution >= 0.6 is 11.3 Å². The van der Waals surface area contributed by atoms with Crippen molar-refractivity contribution in [2.24, 2.45) is 0 Å². The summed E-state index contributed by atoms with van der Waals surface area (Å²) in [6.45, 7) is 0. The molecule has 0 fully saturated rings. The third kappa shape index (κ3) is 3.25. The zero-order valence-electron chi connectivity index (χ0n) is 13.7. The Hall–Kier alpha value is -3.31. The Bertz CT molecular complexity index is 959. The number of thiophene rings is 1. The third-order valence-electron chi connectivity index (χ3n) is 3.91. The molecule has 126 valence electrons. The average Bonchev–Trinajstić information content (AvgIpc) is 3.24. The van der Waals surface area contributed by atoms with E-state index in [1.807, 2.05) is 53.9 Å². The van der Waals surface area contributed by atoms with Crippen LogP contribution in [-0.4, -0.2) is 15.9 Å². The minimum absolute atomic E-state index is 0.364. The molecule has 0 aliphatic heterocycles. The molecule has 0 N–H and O–H groups in total. The molecule has 4 rings (SSSR count). The molecular weight excluding hydrogens is 344 g/mol. The number of rotatable bonds is 4. The molecule has 0 amide bonds. The van der Waals surface area contributed by atoms with Crippen molar-refractivity contribution in [3.05, 3.63) is 89.6 Å². The van der Waals surface area contributed by atoms with Crippen molar-refractivity contribution >= 4 is 17.3 Å². The van der Waals surface area contributed by atoms with E-state index < -0.39 is 0 Å². The van der Waals surface area contributed by atoms with Gasteiger partial charge in [0.05, 0.1) is 0 Å². The van der Waals surface area contributed by atoms with Gasteiger partial charge in [-0.05, 0) is 46.8 Å². The highest BCUT2D eigenvalue weighted by Crippen LogP contribution is 2.39. The van der Waals surface area contributed by atoms with E-state index in [1.54, 1.807) is 30.9 Å². The molecule has 4 aromatic rings. The van der Waals surface area contributed by atoms with Gasteiger partial charge in [0.25, 0.3) is 0 Å². The number of esters is 1. The predicted molar refractivity (Wildman–Crippen MR) is 102 cm³/mol. The van der Waals surface area contributed by atoms with Crippen LogP contribution < -0.4 is 4.74 Å². The monoisotopic (exact) mass is 358 g/mol. The minimum Gasteiger partial charge on any atom is -0.421 e. The highest BCUT2D eigenvalue weighted by Gasteiger charge is 2.18. The van der Waals surface area contributed by atoms with Crippen molar-refractivity contribution < 1.29 is 9.53 Å². The van der Waals surface area contributed by atoms with E-state index in [1.165, 1.54) is 11.3 Å². The fourth-order valence-corrected chi connectivity index (χ4v) is 3.30. The second-order valence-electron chi connectivity index (χ2n) is 5.52. The third-order valence-corrected chi connectivity index (χ3v) is 4.76. The van der Waals surface area contributed by atoms with Gasteiger partial charge < -0.3 is 4.74 Å². The van der Waals surface area contributed by atoms with Gasteiger partial charge in [0.2, 0.25) is 0 Å². The van der Waals surface area contributed by atoms with Gasteiger partial charge in [0.15, 0.2) is 0 Å². The first kappa shape index (κ1) is 16.2. The Morgan fingerprint density at radius 3 is 1.85 bits per heavy atom. The van der Waals surface area contributed by atoms with Gasteiger partial charge in [-0.3, -0.25) is 9.97 Å². The van der Waals surface area contributed by atoms with Crippen molar-refractivity contribution in [1.29, 1.82) is 0 Å². The Balaban J connectivity index is 1.86. The van der Waals surface area contributed by atoms with Crippen molar-refractivity contribution in [3.8, 4) is 28.0 Å². The van der Waals surface area contributed by atoms with Crippen LogP contribution in [0.2, 0.25) is 0 Å². The number of aromatic nitrogens is 2. The number of benzene rings is 1. The van der Waals surface area contributed by atoms with Crippen molar-refractivity contribution in [2.75, 3.05) is 0 Å². The molecule has 3 heterocycles. The van der Waals surface area contributed by atoms with Gasteiger partial charge in [0, 0.05) is 35.9 Å². The van der Waals surface area contributed by atoms with Crippen LogP contribution in [0.4, 0.5) is 0 Å². The maximum Gasteiger partial charge on any atom is 0.353 e. The molecule has 0 radical (unpaired) electrons. The lowest BCUT2D eigenvalue weighted by atomic mass is 9.98. The van der Waals surface area contributed by atoms with Crippen molar-refractivity contribution in [1.82, 2.24) is 9.97 Å². The zero-order chi connectivity index (χ0) is 17.8. The number of carbonyl (C=O) groups excluding carboxylic acids is 1. The van der Waals surface area contributed by atoms with Crippen LogP contribution in [0, 0.1) is 0 Å². The smallest absolute Gasteiger partial charge is 0.353 e. The Morgan fingerprint density at radius 2 is 1.35 bits per heavy atom. The standard InChI is InChI=1S/C21H14N2O2S/c24-21(19-5-2-14-26-19)25-20-17(15-6-10-22-11-7-15)3-1-4-18(20)16-8-12-23-13-9-16/h1-14H. The highest BCUT2D eigenvalue weighted by atomic mass is 32.1. The van der Waals surface area contributed by atoms with E-state index in [0.29, 0.717) is 10.6 Å². The molecule has 4 nitrogen and oxygen atoms in total. The first-order valence-corrected chi connectivity index (χ1v) is 8.90. The lowest BCUT2D eigenvalue weighted by Crippen LogP contribution is -2.08. The van der Waals surface area contributed by atoms with E-state index in [-0.39, 0.29) is 5.97 Å². The summed E-state index contributed by atoms with van der Waals surface area (Å²) in [6, 6.07) is 17.0. The number of hydrogen-bond acceptors (Lipinski definition) is 5. The fraction of sp³-hybridized carbons (Fsp3) is 0. The van der Waals surface area contributed by atoms with E-state index in [2.05, 4.69) is 9.97 Å². The van der Waals surface area contributed by atoms with Crippen molar-refractivity contribution in [2.45, 2.75) is 0 Å². The van der Waals surface area contributed by atoms with Crippen LogP contribution in [-0.2, 0) is 0 Å². The molecular formula is C21H14N2O2S. The molecule has 26 heavy (non-hydrogen) atoms. The summed E-state index contributed by atoms with van der Waals surface area (Å²) in [4.78, 5) is 21.3. The van der Waals surface area contributed by atoms with Crippen LogP contribution in [0.1, 0.15) is 9.67 Å². The molecule has 5 heteroatoms. The van der Waals surface area contributed by atoms with Gasteiger partial charge in [-0.15, -0.1) is 11.3 Å². The lowest BCUT2D eigenvalue weighted by Gasteiger charge is -2.15. The van der Waals surface area contributed by atoms with E-state index in [9.17, 15) is 4.79 Å². The lowest BCUT2D eigenvalue weighted by molar-refractivity contribution is 0.0741. The summed E-state index contributed by atoms with van der Waals surface area (Å²) >= 11 is 1.36. The highest BCUT2D eigenvalue weighted by molar-refractivity contribution is 7.12. The number of pyridine rings is 2. The summed E-state index contributed by atoms with van der Waals surface area (Å²) in [5.74, 6) is 0.167. The quantitative estimate of drug-likeness (QED) is 0.377. The molecule has 0 saturated heterocycles. The molecule has 0 bridgehead atoms. The summed E-state index contributed by atoms with van der Waals surface area (Å²) in [5.41, 5.74) is 3.55. The molecule has 0 atom stereocenters. The van der Waals surface area contributed by atoms with E-state index in [4.69, 9.17) is 4.74 Å². The molecule has 0 spiro atoms. The largest absolute Gasteiger partial charge is 0.421 e. The molecule has 0 aliphatic rings. The van der Waals surface area contributed by atoms with Crippen LogP contribution in [0.25, 0.3) is 22.3 Å². The van der Waals surface area contributed by atoms with Crippen LogP contribution in [0.5, 0.6) is 5.75 Å². The number of para-hydroxylation sites is 1. The molecule has 1 aromatic carbocycles. The number of nitrogens with zero attached hydrogens (tertiary/aromatic N) is 2. The first-order chi connectivity index (χ1) is 12.8. The zero-order valence-corrected chi connectivity index (χ0v) is 14.5. The first-order valence-electron chi connectivity index (χ1n) is 8.02. The van der Waals surface area contributed by atoms with Gasteiger partial charge in [-0.2, -0.15) is 0 Å². The molecule has 0 saturated carbocycles. The fourth-order valence-electron chi connectivity index (χ4n) is 2.70. The second-order valence-corrected chi connectivity index (χ2v) is 6.47. The normalized spacial score (nSPS) is 10.5. The Labute approximate surface area is 154 Å². The van der Waals surface area contributed by atoms with Crippen molar-refractivity contribution in [3.63, 3.8) is 0 Å². The average molecular weight is 358 g/mol. The van der Waals surface area contributed by atoms with E-state index >= 15 is 0 Å². The van der Waals surface area contributed by atoms with Gasteiger partial charge in [-0.25, -0.2) is 4.79 Å². The van der Waals surface area contributed by atoms with Crippen LogP contribution in [0.15, 0.2) is 84.8 Å². The Morgan fingerprint density at radius 1 is 0.769 bits per heavy atom. The predicted octanol–water partition coefficient (Wildman–Crippen LogP) is 5.09. The van der Waals surface area contributed by atoms with E-state index in [0.717, 1.165) is 22.3 Å². The molecule has 0 unspecified atom stereocenters. The number of carbonyl (C=O) groups is 1. The molecule has 3 aromatic heterocycles. The maximum absolute atomic E-state index is 12.6. The Kier molecular flexibility index (Phi) is 4.53. The summed E-state index contributed by atoms with van der Waals surface area (Å²) in [7, 11) is 0. The summed E-state index contributed by atoms with van der Waals surface area (Å²) < 4.78 is 5.86. The van der Waals surface area contributed by atoms with Crippen LogP contribution in [0.3, 0.4) is 0 Å². The number of hydrogen-bond donors (Lipinski definition) is 0. The number of ether oxygens (including phenoxy) is 1. The van der Waals surface area contributed by atoms with Gasteiger partial charge in [-0.1, -0.05) is 24.3 Å². The summed E-state index contributed by atoms with van der Waals surface area (Å²) in [6.07, 6.45) is 6.89. The minimum atomic E-state index is -0.364. The van der Waals surface area contributed by atoms with Gasteiger partial charge >= 0.3 is 5.97 Å².